The van der Waals surface area contributed by atoms with Crippen LogP contribution in [0, 0.1) is 0 Å². The number of benzene rings is 1. The van der Waals surface area contributed by atoms with E-state index >= 15 is 0 Å². The number of carbonyl (C=O) groups is 1. The van der Waals surface area contributed by atoms with Gasteiger partial charge in [0.2, 0.25) is 0 Å². The Kier molecular flexibility index (Phi) is 4.77. The molecule has 29 heavy (non-hydrogen) atoms. The topological polar surface area (TPSA) is 81.2 Å². The molecule has 1 atom stereocenters. The van der Waals surface area contributed by atoms with Crippen molar-refractivity contribution in [2.24, 2.45) is 7.05 Å². The Balaban J connectivity index is 1.70. The van der Waals surface area contributed by atoms with Crippen LogP contribution < -0.4 is 10.5 Å². The molecule has 3 heterocycles. The van der Waals surface area contributed by atoms with E-state index in [9.17, 15) is 9.59 Å². The van der Waals surface area contributed by atoms with Crippen LogP contribution in [0.5, 0.6) is 0 Å². The van der Waals surface area contributed by atoms with Crippen molar-refractivity contribution in [3.05, 3.63) is 46.1 Å². The van der Waals surface area contributed by atoms with Crippen LogP contribution >= 0.6 is 11.8 Å². The third kappa shape index (κ3) is 3.46. The number of carbonyl (C=O) groups excluding carboxylic acids is 1. The fourth-order valence-corrected chi connectivity index (χ4v) is 4.76. The van der Waals surface area contributed by atoms with Crippen molar-refractivity contribution in [1.82, 2.24) is 14.8 Å². The number of hydrogen-bond donors (Lipinski definition) is 0. The van der Waals surface area contributed by atoms with Crippen molar-refractivity contribution in [2.75, 3.05) is 17.7 Å². The quantitative estimate of drug-likeness (QED) is 0.368. The highest BCUT2D eigenvalue weighted by Gasteiger charge is 2.34. The summed E-state index contributed by atoms with van der Waals surface area (Å²) >= 11 is 1.25. The van der Waals surface area contributed by atoms with Gasteiger partial charge in [-0.3, -0.25) is 4.79 Å². The molecule has 0 fully saturated rings. The Hall–Kier alpha value is -2.61. The molecule has 1 unspecified atom stereocenters. The molecule has 0 amide bonds. The molecule has 7 nitrogen and oxygen atoms in total. The van der Waals surface area contributed by atoms with Gasteiger partial charge in [0.1, 0.15) is 17.5 Å². The summed E-state index contributed by atoms with van der Waals surface area (Å²) in [6.45, 7) is 6.63. The van der Waals surface area contributed by atoms with Gasteiger partial charge < -0.3 is 13.9 Å². The van der Waals surface area contributed by atoms with E-state index in [1.807, 2.05) is 6.07 Å². The highest BCUT2D eigenvalue weighted by Crippen LogP contribution is 2.43. The zero-order valence-electron chi connectivity index (χ0n) is 17.2. The van der Waals surface area contributed by atoms with E-state index in [-0.39, 0.29) is 22.6 Å². The second-order valence-corrected chi connectivity index (χ2v) is 9.25. The lowest BCUT2D eigenvalue weighted by Gasteiger charge is -2.45. The average Bonchev–Trinajstić information content (AvgIpc) is 3.07. The van der Waals surface area contributed by atoms with Crippen LogP contribution in [0.4, 0.5) is 5.69 Å². The second kappa shape index (κ2) is 7.02. The lowest BCUT2D eigenvalue weighted by molar-refractivity contribution is 0.101. The first kappa shape index (κ1) is 19.7. The van der Waals surface area contributed by atoms with Crippen LogP contribution in [0.25, 0.3) is 11.0 Å². The fraction of sp³-hybridized carbons (Fsp3) is 0.429. The van der Waals surface area contributed by atoms with Crippen LogP contribution in [0.15, 0.2) is 38.9 Å². The Morgan fingerprint density at radius 3 is 2.76 bits per heavy atom. The van der Waals surface area contributed by atoms with Gasteiger partial charge in [-0.25, -0.2) is 4.79 Å². The molecule has 2 aromatic heterocycles. The molecule has 3 aromatic rings. The lowest BCUT2D eigenvalue weighted by atomic mass is 9.80. The van der Waals surface area contributed by atoms with Gasteiger partial charge in [-0.1, -0.05) is 18.7 Å². The van der Waals surface area contributed by atoms with Crippen molar-refractivity contribution in [2.45, 2.75) is 43.8 Å². The minimum Gasteiger partial charge on any atom is -0.422 e. The van der Waals surface area contributed by atoms with Gasteiger partial charge in [0.05, 0.1) is 5.75 Å². The van der Waals surface area contributed by atoms with Gasteiger partial charge in [-0.05, 0) is 43.9 Å². The van der Waals surface area contributed by atoms with E-state index in [0.29, 0.717) is 16.7 Å². The molecular weight excluding hydrogens is 388 g/mol. The first-order valence-corrected chi connectivity index (χ1v) is 10.5. The number of thioether (sulfide) groups is 1. The molecular formula is C21H24N4O3S. The summed E-state index contributed by atoms with van der Waals surface area (Å²) < 4.78 is 7.28. The predicted molar refractivity (Wildman–Crippen MR) is 114 cm³/mol. The number of aryl methyl sites for hydroxylation is 1. The molecule has 0 spiro atoms. The molecule has 8 heteroatoms. The Bertz CT molecular complexity index is 1160. The Labute approximate surface area is 173 Å². The van der Waals surface area contributed by atoms with Crippen molar-refractivity contribution < 1.29 is 9.21 Å². The Morgan fingerprint density at radius 1 is 1.31 bits per heavy atom. The number of rotatable bonds is 4. The van der Waals surface area contributed by atoms with Crippen molar-refractivity contribution in [1.29, 1.82) is 0 Å². The lowest BCUT2D eigenvalue weighted by Crippen LogP contribution is -2.45. The van der Waals surface area contributed by atoms with Gasteiger partial charge in [0, 0.05) is 36.8 Å². The van der Waals surface area contributed by atoms with Crippen LogP contribution in [-0.4, -0.2) is 38.9 Å². The smallest absolute Gasteiger partial charge is 0.347 e. The Morgan fingerprint density at radius 2 is 2.07 bits per heavy atom. The number of Topliss-reactive ketones (excluding diaryl/α,β-unsaturated/α-hetero) is 1. The maximum atomic E-state index is 12.7. The molecule has 0 bridgehead atoms. The third-order valence-corrected chi connectivity index (χ3v) is 6.82. The number of hydrogen-bond acceptors (Lipinski definition) is 7. The summed E-state index contributed by atoms with van der Waals surface area (Å²) in [5, 5.41) is 9.13. The molecule has 0 radical (unpaired) electrons. The summed E-state index contributed by atoms with van der Waals surface area (Å²) in [6.07, 6.45) is 2.60. The maximum absolute atomic E-state index is 12.7. The summed E-state index contributed by atoms with van der Waals surface area (Å²) in [5.74, 6) is 0.192. The molecule has 0 N–H and O–H groups in total. The molecule has 1 aromatic carbocycles. The van der Waals surface area contributed by atoms with E-state index < -0.39 is 5.63 Å². The average molecular weight is 413 g/mol. The van der Waals surface area contributed by atoms with Gasteiger partial charge in [0.25, 0.3) is 0 Å². The minimum atomic E-state index is -0.605. The highest BCUT2D eigenvalue weighted by atomic mass is 32.2. The number of ketones is 1. The monoisotopic (exact) mass is 412 g/mol. The van der Waals surface area contributed by atoms with E-state index in [1.54, 1.807) is 24.0 Å². The molecule has 0 aliphatic carbocycles. The first-order valence-electron chi connectivity index (χ1n) is 9.53. The van der Waals surface area contributed by atoms with E-state index in [1.165, 1.54) is 17.3 Å². The summed E-state index contributed by atoms with van der Waals surface area (Å²) in [6, 6.07) is 5.64. The molecule has 1 aliphatic heterocycles. The van der Waals surface area contributed by atoms with Crippen molar-refractivity contribution in [3.8, 4) is 0 Å². The van der Waals surface area contributed by atoms with Gasteiger partial charge in [0.15, 0.2) is 10.9 Å². The standard InChI is InChI=1S/C21H24N4O3S/c1-12-9-21(2,3)25(5)16-8-18-13(6-14(12)16)7-15(19(27)28-18)17(26)10-29-20-23-22-11-24(20)4/h6-8,11-12H,9-10H2,1-5H3. The summed E-state index contributed by atoms with van der Waals surface area (Å²) in [7, 11) is 3.87. The van der Waals surface area contributed by atoms with E-state index in [4.69, 9.17) is 4.42 Å². The summed E-state index contributed by atoms with van der Waals surface area (Å²) in [5.41, 5.74) is 2.27. The van der Waals surface area contributed by atoms with Crippen LogP contribution in [0.2, 0.25) is 0 Å². The molecule has 4 rings (SSSR count). The zero-order valence-corrected chi connectivity index (χ0v) is 18.0. The molecule has 152 valence electrons. The summed E-state index contributed by atoms with van der Waals surface area (Å²) in [4.78, 5) is 27.4. The number of aromatic nitrogens is 3. The van der Waals surface area contributed by atoms with Gasteiger partial charge >= 0.3 is 5.63 Å². The van der Waals surface area contributed by atoms with Crippen LogP contribution in [0.1, 0.15) is 49.0 Å². The SMILES string of the molecule is CC1CC(C)(C)N(C)c2cc3oc(=O)c(C(=O)CSc4nncn4C)cc3cc21. The van der Waals surface area contributed by atoms with Crippen LogP contribution in [0.3, 0.4) is 0 Å². The molecule has 0 saturated heterocycles. The fourth-order valence-electron chi connectivity index (χ4n) is 3.99. The maximum Gasteiger partial charge on any atom is 0.347 e. The number of fused-ring (bicyclic) bond motifs is 2. The molecule has 0 saturated carbocycles. The van der Waals surface area contributed by atoms with Gasteiger partial charge in [-0.15, -0.1) is 10.2 Å². The van der Waals surface area contributed by atoms with Crippen molar-refractivity contribution in [3.63, 3.8) is 0 Å². The first-order chi connectivity index (χ1) is 13.7. The van der Waals surface area contributed by atoms with E-state index in [2.05, 4.69) is 49.0 Å². The molecule has 1 aliphatic rings. The van der Waals surface area contributed by atoms with Gasteiger partial charge in [-0.2, -0.15) is 0 Å². The largest absolute Gasteiger partial charge is 0.422 e. The minimum absolute atomic E-state index is 0.0212. The predicted octanol–water partition coefficient (Wildman–Crippen LogP) is 3.62. The third-order valence-electron chi connectivity index (χ3n) is 5.79. The number of anilines is 1. The number of nitrogens with zero attached hydrogens (tertiary/aromatic N) is 4. The van der Waals surface area contributed by atoms with Crippen molar-refractivity contribution >= 4 is 34.2 Å². The second-order valence-electron chi connectivity index (χ2n) is 8.31. The zero-order chi connectivity index (χ0) is 20.9. The highest BCUT2D eigenvalue weighted by molar-refractivity contribution is 7.99. The van der Waals surface area contributed by atoms with E-state index in [0.717, 1.165) is 17.5 Å². The normalized spacial score (nSPS) is 18.1. The van der Waals surface area contributed by atoms with Crippen LogP contribution in [-0.2, 0) is 7.05 Å².